The first-order valence-electron chi connectivity index (χ1n) is 5.87. The van der Waals surface area contributed by atoms with E-state index >= 15 is 0 Å². The zero-order chi connectivity index (χ0) is 13.4. The zero-order valence-corrected chi connectivity index (χ0v) is 11.2. The van der Waals surface area contributed by atoms with Crippen LogP contribution in [0, 0.1) is 0 Å². The maximum absolute atomic E-state index is 11.7. The lowest BCUT2D eigenvalue weighted by Gasteiger charge is -2.08. The number of nitrogens with zero attached hydrogens (tertiary/aromatic N) is 1. The molecule has 0 amide bonds. The van der Waals surface area contributed by atoms with E-state index in [2.05, 4.69) is 9.71 Å². The molecule has 1 rings (SSSR count). The van der Waals surface area contributed by atoms with Crippen molar-refractivity contribution in [2.75, 3.05) is 23.6 Å². The molecule has 3 N–H and O–H groups in total. The van der Waals surface area contributed by atoms with Crippen LogP contribution in [-0.2, 0) is 10.0 Å². The molecule has 0 atom stereocenters. The molecular weight excluding hydrogens is 254 g/mol. The number of hydrogen-bond acceptors (Lipinski definition) is 5. The molecule has 0 saturated carbocycles. The van der Waals surface area contributed by atoms with Crippen molar-refractivity contribution in [3.05, 3.63) is 18.3 Å². The molecule has 0 aliphatic rings. The summed E-state index contributed by atoms with van der Waals surface area (Å²) in [5, 5.41) is 0. The Morgan fingerprint density at radius 1 is 1.39 bits per heavy atom. The van der Waals surface area contributed by atoms with Gasteiger partial charge in [-0.25, -0.2) is 13.4 Å². The molecule has 0 spiro atoms. The molecule has 1 heterocycles. The number of sulfonamides is 1. The van der Waals surface area contributed by atoms with E-state index in [0.717, 1.165) is 0 Å². The number of aromatic nitrogens is 1. The first kappa shape index (κ1) is 14.7. The highest BCUT2D eigenvalue weighted by Crippen LogP contribution is 2.13. The van der Waals surface area contributed by atoms with Crippen LogP contribution in [0.15, 0.2) is 18.3 Å². The van der Waals surface area contributed by atoms with Crippen molar-refractivity contribution in [2.24, 2.45) is 5.73 Å². The summed E-state index contributed by atoms with van der Waals surface area (Å²) in [7, 11) is -3.32. The third-order valence-corrected chi connectivity index (χ3v) is 3.54. The maximum atomic E-state index is 11.7. The minimum atomic E-state index is -3.32. The Hall–Kier alpha value is -1.34. The second-order valence-electron chi connectivity index (χ2n) is 3.73. The largest absolute Gasteiger partial charge is 0.478 e. The minimum Gasteiger partial charge on any atom is -0.478 e. The summed E-state index contributed by atoms with van der Waals surface area (Å²) in [6, 6.07) is 3.25. The molecule has 102 valence electrons. The smallest absolute Gasteiger partial charge is 0.232 e. The standard InChI is InChI=1S/C11H19N3O3S/c1-2-17-11-6-5-10(9-13-11)14-18(15,16)8-4-3-7-12/h5-6,9,14H,2-4,7-8,12H2,1H3. The van der Waals surface area contributed by atoms with Gasteiger partial charge in [0.05, 0.1) is 24.2 Å². The minimum absolute atomic E-state index is 0.0669. The maximum Gasteiger partial charge on any atom is 0.232 e. The SMILES string of the molecule is CCOc1ccc(NS(=O)(=O)CCCCN)cn1. The Labute approximate surface area is 108 Å². The molecule has 18 heavy (non-hydrogen) atoms. The van der Waals surface area contributed by atoms with E-state index in [9.17, 15) is 8.42 Å². The molecule has 0 aliphatic carbocycles. The highest BCUT2D eigenvalue weighted by Gasteiger charge is 2.10. The number of unbranched alkanes of at least 4 members (excludes halogenated alkanes) is 1. The molecular formula is C11H19N3O3S. The highest BCUT2D eigenvalue weighted by atomic mass is 32.2. The van der Waals surface area contributed by atoms with Crippen LogP contribution in [0.3, 0.4) is 0 Å². The van der Waals surface area contributed by atoms with Gasteiger partial charge >= 0.3 is 0 Å². The fraction of sp³-hybridized carbons (Fsp3) is 0.545. The van der Waals surface area contributed by atoms with Gasteiger partial charge in [-0.3, -0.25) is 4.72 Å². The summed E-state index contributed by atoms with van der Waals surface area (Å²) in [5.41, 5.74) is 5.75. The quantitative estimate of drug-likeness (QED) is 0.688. The van der Waals surface area contributed by atoms with Crippen LogP contribution in [0.4, 0.5) is 5.69 Å². The summed E-state index contributed by atoms with van der Waals surface area (Å²) in [6.07, 6.45) is 2.68. The second kappa shape index (κ2) is 7.17. The first-order chi connectivity index (χ1) is 8.57. The fourth-order valence-corrected chi connectivity index (χ4v) is 2.51. The molecule has 1 aromatic rings. The molecule has 0 unspecified atom stereocenters. The van der Waals surface area contributed by atoms with Crippen molar-refractivity contribution in [3.8, 4) is 5.88 Å². The van der Waals surface area contributed by atoms with Crippen molar-refractivity contribution in [2.45, 2.75) is 19.8 Å². The van der Waals surface area contributed by atoms with Crippen molar-refractivity contribution in [1.29, 1.82) is 0 Å². The van der Waals surface area contributed by atoms with Crippen molar-refractivity contribution in [3.63, 3.8) is 0 Å². The predicted octanol–water partition coefficient (Wildman–Crippen LogP) is 0.961. The molecule has 0 radical (unpaired) electrons. The average Bonchev–Trinajstić information content (AvgIpc) is 2.32. The summed E-state index contributed by atoms with van der Waals surface area (Å²) in [5.74, 6) is 0.542. The molecule has 0 aliphatic heterocycles. The summed E-state index contributed by atoms with van der Waals surface area (Å²) in [6.45, 7) is 2.88. The van der Waals surface area contributed by atoms with Gasteiger partial charge in [0.2, 0.25) is 15.9 Å². The second-order valence-corrected chi connectivity index (χ2v) is 5.58. The van der Waals surface area contributed by atoms with Gasteiger partial charge in [0.25, 0.3) is 0 Å². The Kier molecular flexibility index (Phi) is 5.87. The molecule has 0 aromatic carbocycles. The molecule has 0 fully saturated rings. The lowest BCUT2D eigenvalue weighted by molar-refractivity contribution is 0.327. The van der Waals surface area contributed by atoms with Gasteiger partial charge in [-0.2, -0.15) is 0 Å². The fourth-order valence-electron chi connectivity index (χ4n) is 1.34. The van der Waals surface area contributed by atoms with E-state index in [1.807, 2.05) is 6.92 Å². The first-order valence-corrected chi connectivity index (χ1v) is 7.52. The van der Waals surface area contributed by atoms with Crippen LogP contribution in [0.1, 0.15) is 19.8 Å². The number of rotatable bonds is 8. The van der Waals surface area contributed by atoms with E-state index < -0.39 is 10.0 Å². The lowest BCUT2D eigenvalue weighted by Crippen LogP contribution is -2.17. The van der Waals surface area contributed by atoms with Gasteiger partial charge in [0.15, 0.2) is 0 Å². The normalized spacial score (nSPS) is 11.2. The molecule has 0 saturated heterocycles. The molecule has 1 aromatic heterocycles. The third kappa shape index (κ3) is 5.33. The number of anilines is 1. The molecule has 7 heteroatoms. The Bertz CT molecular complexity index is 445. The number of hydrogen-bond donors (Lipinski definition) is 2. The van der Waals surface area contributed by atoms with Crippen LogP contribution < -0.4 is 15.2 Å². The number of nitrogens with two attached hydrogens (primary N) is 1. The number of ether oxygens (including phenoxy) is 1. The van der Waals surface area contributed by atoms with Crippen molar-refractivity contribution < 1.29 is 13.2 Å². The summed E-state index contributed by atoms with van der Waals surface area (Å²) in [4.78, 5) is 3.98. The van der Waals surface area contributed by atoms with E-state index in [0.29, 0.717) is 37.6 Å². The summed E-state index contributed by atoms with van der Waals surface area (Å²) < 4.78 is 31.0. The van der Waals surface area contributed by atoms with Gasteiger partial charge in [-0.1, -0.05) is 0 Å². The third-order valence-electron chi connectivity index (χ3n) is 2.17. The van der Waals surface area contributed by atoms with E-state index in [1.54, 1.807) is 12.1 Å². The van der Waals surface area contributed by atoms with Gasteiger partial charge in [-0.05, 0) is 32.4 Å². The van der Waals surface area contributed by atoms with Gasteiger partial charge in [-0.15, -0.1) is 0 Å². The van der Waals surface area contributed by atoms with Crippen molar-refractivity contribution in [1.82, 2.24) is 4.98 Å². The number of nitrogens with one attached hydrogen (secondary N) is 1. The van der Waals surface area contributed by atoms with Gasteiger partial charge < -0.3 is 10.5 Å². The monoisotopic (exact) mass is 273 g/mol. The lowest BCUT2D eigenvalue weighted by atomic mass is 10.3. The van der Waals surface area contributed by atoms with Crippen molar-refractivity contribution >= 4 is 15.7 Å². The molecule has 0 bridgehead atoms. The van der Waals surface area contributed by atoms with Gasteiger partial charge in [0, 0.05) is 6.07 Å². The summed E-state index contributed by atoms with van der Waals surface area (Å²) >= 11 is 0. The zero-order valence-electron chi connectivity index (χ0n) is 10.4. The van der Waals surface area contributed by atoms with E-state index in [4.69, 9.17) is 10.5 Å². The van der Waals surface area contributed by atoms with Gasteiger partial charge in [0.1, 0.15) is 0 Å². The van der Waals surface area contributed by atoms with Crippen LogP contribution in [0.5, 0.6) is 5.88 Å². The molecule has 6 nitrogen and oxygen atoms in total. The van der Waals surface area contributed by atoms with Crippen LogP contribution >= 0.6 is 0 Å². The Morgan fingerprint density at radius 3 is 2.72 bits per heavy atom. The van der Waals surface area contributed by atoms with Crippen LogP contribution in [0.25, 0.3) is 0 Å². The van der Waals surface area contributed by atoms with Crippen LogP contribution in [0.2, 0.25) is 0 Å². The van der Waals surface area contributed by atoms with E-state index in [-0.39, 0.29) is 5.75 Å². The average molecular weight is 273 g/mol. The predicted molar refractivity (Wildman–Crippen MR) is 71.1 cm³/mol. The number of pyridine rings is 1. The Balaban J connectivity index is 2.55. The van der Waals surface area contributed by atoms with Crippen LogP contribution in [-0.4, -0.2) is 32.3 Å². The topological polar surface area (TPSA) is 94.3 Å². The van der Waals surface area contributed by atoms with E-state index in [1.165, 1.54) is 6.20 Å². The highest BCUT2D eigenvalue weighted by molar-refractivity contribution is 7.92. The Morgan fingerprint density at radius 2 is 2.17 bits per heavy atom.